The maximum absolute atomic E-state index is 6.04. The topological polar surface area (TPSA) is 55.0 Å². The Balaban J connectivity index is 1.74. The molecule has 4 rings (SSSR count). The Morgan fingerprint density at radius 3 is 2.52 bits per heavy atom. The molecule has 2 aliphatic rings. The van der Waals surface area contributed by atoms with E-state index in [9.17, 15) is 0 Å². The van der Waals surface area contributed by atoms with Gasteiger partial charge in [0.15, 0.2) is 0 Å². The third kappa shape index (κ3) is 2.63. The molecule has 4 heteroatoms. The minimum Gasteiger partial charge on any atom is -0.355 e. The van der Waals surface area contributed by atoms with Crippen LogP contribution in [0.4, 0.5) is 5.82 Å². The van der Waals surface area contributed by atoms with Gasteiger partial charge in [0.05, 0.1) is 5.69 Å². The van der Waals surface area contributed by atoms with Gasteiger partial charge in [0.1, 0.15) is 11.6 Å². The molecule has 4 nitrogen and oxygen atoms in total. The van der Waals surface area contributed by atoms with Gasteiger partial charge in [-0.1, -0.05) is 30.3 Å². The maximum Gasteiger partial charge on any atom is 0.134 e. The monoisotopic (exact) mass is 280 g/mol. The highest BCUT2D eigenvalue weighted by Gasteiger charge is 2.29. The van der Waals surface area contributed by atoms with Crippen molar-refractivity contribution < 1.29 is 0 Å². The summed E-state index contributed by atoms with van der Waals surface area (Å²) in [5, 5.41) is 0. The predicted octanol–water partition coefficient (Wildman–Crippen LogP) is 2.56. The van der Waals surface area contributed by atoms with Crippen LogP contribution < -0.4 is 10.6 Å². The number of anilines is 1. The van der Waals surface area contributed by atoms with Crippen LogP contribution in [0.3, 0.4) is 0 Å². The fraction of sp³-hybridized carbons (Fsp3) is 0.412. The fourth-order valence-corrected chi connectivity index (χ4v) is 2.89. The SMILES string of the molecule is NC1CCN(c2cc(-c3ccccc3)nc(C3CC3)n2)C1. The molecule has 1 saturated carbocycles. The van der Waals surface area contributed by atoms with E-state index in [1.807, 2.05) is 6.07 Å². The molecule has 0 spiro atoms. The third-order valence-electron chi connectivity index (χ3n) is 4.29. The highest BCUT2D eigenvalue weighted by atomic mass is 15.2. The molecule has 1 saturated heterocycles. The first kappa shape index (κ1) is 12.8. The number of benzene rings is 1. The Kier molecular flexibility index (Phi) is 3.11. The van der Waals surface area contributed by atoms with Crippen molar-refractivity contribution in [3.63, 3.8) is 0 Å². The van der Waals surface area contributed by atoms with Gasteiger partial charge in [-0.25, -0.2) is 9.97 Å². The van der Waals surface area contributed by atoms with Gasteiger partial charge in [-0.15, -0.1) is 0 Å². The van der Waals surface area contributed by atoms with E-state index in [4.69, 9.17) is 15.7 Å². The lowest BCUT2D eigenvalue weighted by molar-refractivity contribution is 0.751. The van der Waals surface area contributed by atoms with Gasteiger partial charge in [0, 0.05) is 36.7 Å². The van der Waals surface area contributed by atoms with Crippen LogP contribution in [0.15, 0.2) is 36.4 Å². The molecule has 2 aromatic rings. The highest BCUT2D eigenvalue weighted by molar-refractivity contribution is 5.63. The second kappa shape index (κ2) is 5.11. The molecule has 0 amide bonds. The summed E-state index contributed by atoms with van der Waals surface area (Å²) in [4.78, 5) is 11.9. The van der Waals surface area contributed by atoms with Gasteiger partial charge in [-0.05, 0) is 19.3 Å². The normalized spacial score (nSPS) is 21.8. The average Bonchev–Trinajstić information content (AvgIpc) is 3.29. The minimum atomic E-state index is 0.268. The van der Waals surface area contributed by atoms with E-state index in [1.165, 1.54) is 12.8 Å². The standard InChI is InChI=1S/C17H20N4/c18-14-8-9-21(11-14)16-10-15(12-4-2-1-3-5-12)19-17(20-16)13-6-7-13/h1-5,10,13-14H,6-9,11,18H2. The van der Waals surface area contributed by atoms with Crippen LogP contribution in [0, 0.1) is 0 Å². The molecule has 0 radical (unpaired) electrons. The lowest BCUT2D eigenvalue weighted by Crippen LogP contribution is -2.27. The van der Waals surface area contributed by atoms with Crippen molar-refractivity contribution in [1.29, 1.82) is 0 Å². The number of rotatable bonds is 3. The molecular formula is C17H20N4. The zero-order valence-electron chi connectivity index (χ0n) is 12.1. The van der Waals surface area contributed by atoms with Crippen molar-refractivity contribution in [1.82, 2.24) is 9.97 Å². The fourth-order valence-electron chi connectivity index (χ4n) is 2.89. The quantitative estimate of drug-likeness (QED) is 0.939. The average molecular weight is 280 g/mol. The zero-order chi connectivity index (χ0) is 14.2. The van der Waals surface area contributed by atoms with Crippen LogP contribution in [0.5, 0.6) is 0 Å². The molecule has 1 unspecified atom stereocenters. The number of nitrogens with two attached hydrogens (primary N) is 1. The lowest BCUT2D eigenvalue weighted by atomic mass is 10.1. The van der Waals surface area contributed by atoms with Crippen molar-refractivity contribution >= 4 is 5.82 Å². The molecule has 1 atom stereocenters. The first-order chi connectivity index (χ1) is 10.3. The first-order valence-electron chi connectivity index (χ1n) is 7.74. The van der Waals surface area contributed by atoms with Crippen LogP contribution in [-0.2, 0) is 0 Å². The van der Waals surface area contributed by atoms with Gasteiger partial charge in [-0.2, -0.15) is 0 Å². The molecule has 1 aliphatic carbocycles. The Morgan fingerprint density at radius 2 is 1.86 bits per heavy atom. The summed E-state index contributed by atoms with van der Waals surface area (Å²) in [5.74, 6) is 2.61. The Hall–Kier alpha value is -1.94. The largest absolute Gasteiger partial charge is 0.355 e. The van der Waals surface area contributed by atoms with Crippen LogP contribution in [0.25, 0.3) is 11.3 Å². The lowest BCUT2D eigenvalue weighted by Gasteiger charge is -2.18. The number of aromatic nitrogens is 2. The summed E-state index contributed by atoms with van der Waals surface area (Å²) in [5.41, 5.74) is 8.23. The third-order valence-corrected chi connectivity index (χ3v) is 4.29. The van der Waals surface area contributed by atoms with Crippen molar-refractivity contribution in [3.05, 3.63) is 42.2 Å². The Bertz CT molecular complexity index is 636. The van der Waals surface area contributed by atoms with Crippen LogP contribution in [0.2, 0.25) is 0 Å². The van der Waals surface area contributed by atoms with Crippen molar-refractivity contribution in [2.24, 2.45) is 5.73 Å². The Labute approximate surface area is 125 Å². The van der Waals surface area contributed by atoms with Crippen LogP contribution >= 0.6 is 0 Å². The summed E-state index contributed by atoms with van der Waals surface area (Å²) in [6, 6.07) is 12.7. The summed E-state index contributed by atoms with van der Waals surface area (Å²) in [6.07, 6.45) is 3.48. The first-order valence-corrected chi connectivity index (χ1v) is 7.74. The predicted molar refractivity (Wildman–Crippen MR) is 84.2 cm³/mol. The van der Waals surface area contributed by atoms with Gasteiger partial charge < -0.3 is 10.6 Å². The smallest absolute Gasteiger partial charge is 0.134 e. The molecule has 1 aromatic heterocycles. The molecular weight excluding hydrogens is 260 g/mol. The van der Waals surface area contributed by atoms with E-state index in [-0.39, 0.29) is 6.04 Å². The number of nitrogens with zero attached hydrogens (tertiary/aromatic N) is 3. The second-order valence-corrected chi connectivity index (χ2v) is 6.10. The van der Waals surface area contributed by atoms with E-state index in [1.54, 1.807) is 0 Å². The molecule has 0 bridgehead atoms. The summed E-state index contributed by atoms with van der Waals surface area (Å²) < 4.78 is 0. The van der Waals surface area contributed by atoms with Crippen molar-refractivity contribution in [3.8, 4) is 11.3 Å². The van der Waals surface area contributed by atoms with Gasteiger partial charge in [-0.3, -0.25) is 0 Å². The van der Waals surface area contributed by atoms with Crippen LogP contribution in [0.1, 0.15) is 31.0 Å². The van der Waals surface area contributed by atoms with Crippen molar-refractivity contribution in [2.45, 2.75) is 31.2 Å². The molecule has 108 valence electrons. The van der Waals surface area contributed by atoms with Gasteiger partial charge >= 0.3 is 0 Å². The Morgan fingerprint density at radius 1 is 1.05 bits per heavy atom. The molecule has 2 heterocycles. The summed E-state index contributed by atoms with van der Waals surface area (Å²) in [6.45, 7) is 1.89. The maximum atomic E-state index is 6.04. The molecule has 2 fully saturated rings. The minimum absolute atomic E-state index is 0.268. The summed E-state index contributed by atoms with van der Waals surface area (Å²) >= 11 is 0. The van der Waals surface area contributed by atoms with E-state index in [0.29, 0.717) is 5.92 Å². The van der Waals surface area contributed by atoms with Gasteiger partial charge in [0.25, 0.3) is 0 Å². The summed E-state index contributed by atoms with van der Waals surface area (Å²) in [7, 11) is 0. The van der Waals surface area contributed by atoms with Gasteiger partial charge in [0.2, 0.25) is 0 Å². The van der Waals surface area contributed by atoms with E-state index in [2.05, 4.69) is 35.2 Å². The zero-order valence-corrected chi connectivity index (χ0v) is 12.1. The van der Waals surface area contributed by atoms with E-state index >= 15 is 0 Å². The molecule has 21 heavy (non-hydrogen) atoms. The second-order valence-electron chi connectivity index (χ2n) is 6.10. The molecule has 1 aromatic carbocycles. The number of hydrogen-bond acceptors (Lipinski definition) is 4. The van der Waals surface area contributed by atoms with E-state index < -0.39 is 0 Å². The van der Waals surface area contributed by atoms with E-state index in [0.717, 1.165) is 42.4 Å². The van der Waals surface area contributed by atoms with Crippen molar-refractivity contribution in [2.75, 3.05) is 18.0 Å². The van der Waals surface area contributed by atoms with Crippen LogP contribution in [-0.4, -0.2) is 29.1 Å². The number of hydrogen-bond donors (Lipinski definition) is 1. The molecule has 2 N–H and O–H groups in total. The highest BCUT2D eigenvalue weighted by Crippen LogP contribution is 2.39. The molecule has 1 aliphatic heterocycles.